The van der Waals surface area contributed by atoms with Crippen LogP contribution in [-0.2, 0) is 13.0 Å². The number of thiophene rings is 1. The molecule has 0 radical (unpaired) electrons. The van der Waals surface area contributed by atoms with Crippen molar-refractivity contribution in [1.82, 2.24) is 25.1 Å². The Morgan fingerprint density at radius 2 is 2.18 bits per heavy atom. The Hall–Kier alpha value is -1.65. The molecule has 5 heterocycles. The van der Waals surface area contributed by atoms with Crippen LogP contribution in [0.1, 0.15) is 28.1 Å². The lowest BCUT2D eigenvalue weighted by molar-refractivity contribution is 0.493. The molecule has 1 N–H and O–H groups in total. The van der Waals surface area contributed by atoms with E-state index in [1.807, 2.05) is 18.7 Å². The second-order valence-electron chi connectivity index (χ2n) is 7.19. The van der Waals surface area contributed by atoms with Gasteiger partial charge in [0, 0.05) is 47.0 Å². The van der Waals surface area contributed by atoms with Crippen LogP contribution in [0.5, 0.6) is 0 Å². The van der Waals surface area contributed by atoms with Crippen LogP contribution < -0.4 is 9.80 Å². The number of nitrogens with zero attached hydrogens (tertiary/aromatic N) is 6. The minimum Gasteiger partial charge on any atom is -0.354 e. The highest BCUT2D eigenvalue weighted by atomic mass is 79.9. The van der Waals surface area contributed by atoms with Crippen molar-refractivity contribution in [1.29, 1.82) is 0 Å². The summed E-state index contributed by atoms with van der Waals surface area (Å²) in [4.78, 5) is 21.3. The van der Waals surface area contributed by atoms with Gasteiger partial charge in [0.1, 0.15) is 11.6 Å². The van der Waals surface area contributed by atoms with Crippen molar-refractivity contribution in [2.45, 2.75) is 30.7 Å². The Labute approximate surface area is 180 Å². The standard InChI is InChI=1S/C18H20BrN7S2/c1-10-20-16(24-23-10)11-6-26(7-11)17-15-14(3-4-27-15)21-18(22-17)25(2)8-13-5-12(19)9-28-13/h5,9,11H,3-4,6-8H2,1-2H3,(H,20,23,24). The number of halogens is 1. The van der Waals surface area contributed by atoms with E-state index < -0.39 is 0 Å². The number of aryl methyl sites for hydroxylation is 2. The molecule has 10 heteroatoms. The normalized spacial score (nSPS) is 16.3. The van der Waals surface area contributed by atoms with Gasteiger partial charge in [-0.3, -0.25) is 5.10 Å². The van der Waals surface area contributed by atoms with Crippen LogP contribution in [0.25, 0.3) is 0 Å². The van der Waals surface area contributed by atoms with Gasteiger partial charge >= 0.3 is 0 Å². The van der Waals surface area contributed by atoms with E-state index in [1.165, 1.54) is 15.5 Å². The maximum absolute atomic E-state index is 4.97. The van der Waals surface area contributed by atoms with Crippen LogP contribution in [0.2, 0.25) is 0 Å². The number of hydrogen-bond donors (Lipinski definition) is 1. The van der Waals surface area contributed by atoms with Crippen molar-refractivity contribution in [3.63, 3.8) is 0 Å². The molecule has 0 amide bonds. The average molecular weight is 478 g/mol. The van der Waals surface area contributed by atoms with E-state index in [9.17, 15) is 0 Å². The minimum absolute atomic E-state index is 0.367. The first-order valence-corrected chi connectivity index (χ1v) is 11.8. The number of fused-ring (bicyclic) bond motifs is 1. The summed E-state index contributed by atoms with van der Waals surface area (Å²) in [7, 11) is 2.07. The minimum atomic E-state index is 0.367. The smallest absolute Gasteiger partial charge is 0.227 e. The summed E-state index contributed by atoms with van der Waals surface area (Å²) in [5.74, 6) is 5.11. The number of hydrogen-bond acceptors (Lipinski definition) is 8. The van der Waals surface area contributed by atoms with Crippen LogP contribution in [0, 0.1) is 6.92 Å². The lowest BCUT2D eigenvalue weighted by Gasteiger charge is -2.39. The van der Waals surface area contributed by atoms with E-state index in [2.05, 4.69) is 59.4 Å². The summed E-state index contributed by atoms with van der Waals surface area (Å²) in [6.45, 7) is 4.56. The zero-order valence-electron chi connectivity index (χ0n) is 15.6. The van der Waals surface area contributed by atoms with Gasteiger partial charge in [0.05, 0.1) is 23.1 Å². The van der Waals surface area contributed by atoms with E-state index in [4.69, 9.17) is 9.97 Å². The highest BCUT2D eigenvalue weighted by molar-refractivity contribution is 9.10. The largest absolute Gasteiger partial charge is 0.354 e. The van der Waals surface area contributed by atoms with Crippen molar-refractivity contribution >= 4 is 50.8 Å². The lowest BCUT2D eigenvalue weighted by Crippen LogP contribution is -2.46. The predicted molar refractivity (Wildman–Crippen MR) is 117 cm³/mol. The molecule has 0 spiro atoms. The Morgan fingerprint density at radius 1 is 1.32 bits per heavy atom. The molecule has 0 atom stereocenters. The van der Waals surface area contributed by atoms with Crippen LogP contribution in [0.4, 0.5) is 11.8 Å². The van der Waals surface area contributed by atoms with Crippen LogP contribution in [0.3, 0.4) is 0 Å². The molecular weight excluding hydrogens is 458 g/mol. The van der Waals surface area contributed by atoms with Gasteiger partial charge in [0.25, 0.3) is 0 Å². The fourth-order valence-corrected chi connectivity index (χ4v) is 6.14. The van der Waals surface area contributed by atoms with E-state index >= 15 is 0 Å². The molecular formula is C18H20BrN7S2. The monoisotopic (exact) mass is 477 g/mol. The molecule has 3 aromatic rings. The Balaban J connectivity index is 1.37. The number of rotatable bonds is 5. The molecule has 3 aromatic heterocycles. The second kappa shape index (κ2) is 7.31. The number of thioether (sulfide) groups is 1. The molecule has 7 nitrogen and oxygen atoms in total. The summed E-state index contributed by atoms with van der Waals surface area (Å²) >= 11 is 7.15. The summed E-state index contributed by atoms with van der Waals surface area (Å²) in [6, 6.07) is 2.16. The number of nitrogens with one attached hydrogen (secondary N) is 1. The van der Waals surface area contributed by atoms with E-state index in [0.717, 1.165) is 59.7 Å². The zero-order chi connectivity index (χ0) is 19.3. The van der Waals surface area contributed by atoms with Crippen molar-refractivity contribution in [2.24, 2.45) is 0 Å². The van der Waals surface area contributed by atoms with Crippen molar-refractivity contribution in [3.05, 3.63) is 38.1 Å². The molecule has 146 valence electrons. The molecule has 5 rings (SSSR count). The molecule has 1 saturated heterocycles. The zero-order valence-corrected chi connectivity index (χ0v) is 18.9. The predicted octanol–water partition coefficient (Wildman–Crippen LogP) is 3.62. The number of anilines is 2. The van der Waals surface area contributed by atoms with Gasteiger partial charge in [-0.2, -0.15) is 10.1 Å². The quantitative estimate of drug-likeness (QED) is 0.601. The third-order valence-corrected chi connectivity index (χ3v) is 7.81. The molecule has 0 aromatic carbocycles. The first kappa shape index (κ1) is 18.4. The van der Waals surface area contributed by atoms with Gasteiger partial charge < -0.3 is 9.80 Å². The molecule has 2 aliphatic rings. The van der Waals surface area contributed by atoms with Gasteiger partial charge in [-0.25, -0.2) is 9.97 Å². The molecule has 0 unspecified atom stereocenters. The van der Waals surface area contributed by atoms with Gasteiger partial charge in [-0.15, -0.1) is 23.1 Å². The number of H-pyrrole nitrogens is 1. The number of aromatic nitrogens is 5. The highest BCUT2D eigenvalue weighted by Crippen LogP contribution is 2.41. The molecule has 0 aliphatic carbocycles. The first-order chi connectivity index (χ1) is 13.6. The highest BCUT2D eigenvalue weighted by Gasteiger charge is 2.35. The Bertz CT molecular complexity index is 1010. The molecule has 1 fully saturated rings. The fourth-order valence-electron chi connectivity index (χ4n) is 3.52. The maximum atomic E-state index is 4.97. The fraction of sp³-hybridized carbons (Fsp3) is 0.444. The third-order valence-electron chi connectivity index (χ3n) is 5.01. The molecule has 28 heavy (non-hydrogen) atoms. The van der Waals surface area contributed by atoms with E-state index in [0.29, 0.717) is 5.92 Å². The van der Waals surface area contributed by atoms with Gasteiger partial charge in [-0.1, -0.05) is 0 Å². The summed E-state index contributed by atoms with van der Waals surface area (Å²) in [6.07, 6.45) is 1.01. The van der Waals surface area contributed by atoms with Gasteiger partial charge in [0.15, 0.2) is 5.82 Å². The van der Waals surface area contributed by atoms with Crippen molar-refractivity contribution < 1.29 is 0 Å². The topological polar surface area (TPSA) is 73.8 Å². The van der Waals surface area contributed by atoms with Crippen molar-refractivity contribution in [2.75, 3.05) is 35.7 Å². The van der Waals surface area contributed by atoms with Crippen LogP contribution >= 0.6 is 39.0 Å². The third kappa shape index (κ3) is 3.42. The Kier molecular flexibility index (Phi) is 4.80. The van der Waals surface area contributed by atoms with Crippen LogP contribution in [0.15, 0.2) is 20.8 Å². The summed E-state index contributed by atoms with van der Waals surface area (Å²) < 4.78 is 1.13. The summed E-state index contributed by atoms with van der Waals surface area (Å²) in [5.41, 5.74) is 1.18. The average Bonchev–Trinajstić information content (AvgIpc) is 3.35. The first-order valence-electron chi connectivity index (χ1n) is 9.18. The second-order valence-corrected chi connectivity index (χ2v) is 10.2. The van der Waals surface area contributed by atoms with Gasteiger partial charge in [-0.05, 0) is 28.9 Å². The lowest BCUT2D eigenvalue weighted by atomic mass is 9.99. The van der Waals surface area contributed by atoms with Crippen molar-refractivity contribution in [3.8, 4) is 0 Å². The van der Waals surface area contributed by atoms with E-state index in [-0.39, 0.29) is 0 Å². The molecule has 0 bridgehead atoms. The molecule has 2 aliphatic heterocycles. The van der Waals surface area contributed by atoms with E-state index in [1.54, 1.807) is 11.3 Å². The van der Waals surface area contributed by atoms with Gasteiger partial charge in [0.2, 0.25) is 5.95 Å². The maximum Gasteiger partial charge on any atom is 0.227 e. The SMILES string of the molecule is Cc1nc(C2CN(c3nc(N(C)Cc4cc(Br)cs4)nc4c3SCC4)C2)n[nH]1. The van der Waals surface area contributed by atoms with Crippen LogP contribution in [-0.4, -0.2) is 51.0 Å². The summed E-state index contributed by atoms with van der Waals surface area (Å²) in [5, 5.41) is 9.38. The number of aromatic amines is 1. The Morgan fingerprint density at radius 3 is 2.89 bits per heavy atom. The molecule has 0 saturated carbocycles.